The van der Waals surface area contributed by atoms with Crippen molar-refractivity contribution in [1.82, 2.24) is 5.32 Å². The summed E-state index contributed by atoms with van der Waals surface area (Å²) in [6.45, 7) is 9.50. The zero-order chi connectivity index (χ0) is 25.4. The second-order valence-electron chi connectivity index (χ2n) is 8.44. The van der Waals surface area contributed by atoms with Gasteiger partial charge < -0.3 is 19.9 Å². The van der Waals surface area contributed by atoms with Gasteiger partial charge in [0.1, 0.15) is 0 Å². The number of aryl methyl sites for hydroxylation is 1. The van der Waals surface area contributed by atoms with E-state index in [9.17, 15) is 23.1 Å². The average Bonchev–Trinajstić information content (AvgIpc) is 2.65. The molecule has 33 heavy (non-hydrogen) atoms. The molecule has 0 heterocycles. The van der Waals surface area contributed by atoms with Crippen molar-refractivity contribution in [2.45, 2.75) is 46.3 Å². The maximum atomic E-state index is 12.4. The lowest BCUT2D eigenvalue weighted by atomic mass is 10.1. The van der Waals surface area contributed by atoms with Gasteiger partial charge in [0.25, 0.3) is 10.1 Å². The maximum absolute atomic E-state index is 12.4. The fourth-order valence-electron chi connectivity index (χ4n) is 2.42. The van der Waals surface area contributed by atoms with Crippen molar-refractivity contribution in [3.63, 3.8) is 0 Å². The first kappa shape index (κ1) is 28.2. The summed E-state index contributed by atoms with van der Waals surface area (Å²) >= 11 is 0. The quantitative estimate of drug-likeness (QED) is 0.323. The van der Waals surface area contributed by atoms with Crippen LogP contribution in [0.1, 0.15) is 55.3 Å². The highest BCUT2D eigenvalue weighted by Gasteiger charge is 2.18. The van der Waals surface area contributed by atoms with Crippen molar-refractivity contribution in [3.05, 3.63) is 59.2 Å². The van der Waals surface area contributed by atoms with Gasteiger partial charge in [-0.3, -0.25) is 9.35 Å². The van der Waals surface area contributed by atoms with Crippen LogP contribution in [0.15, 0.2) is 42.5 Å². The molecule has 0 saturated heterocycles. The first-order chi connectivity index (χ1) is 15.0. The molecular weight excluding hydrogens is 450 g/mol. The molecule has 2 aromatic carbocycles. The highest BCUT2D eigenvalue weighted by Crippen LogP contribution is 2.31. The Morgan fingerprint density at radius 3 is 2.06 bits per heavy atom. The van der Waals surface area contributed by atoms with Crippen molar-refractivity contribution in [2.75, 3.05) is 12.8 Å². The molecule has 0 fully saturated rings. The van der Waals surface area contributed by atoms with Gasteiger partial charge >= 0.3 is 11.9 Å². The molecule has 0 radical (unpaired) electrons. The van der Waals surface area contributed by atoms with Gasteiger partial charge in [0.15, 0.2) is 11.5 Å². The number of ether oxygens (including phenoxy) is 2. The summed E-state index contributed by atoms with van der Waals surface area (Å²) in [6, 6.07) is 11.6. The van der Waals surface area contributed by atoms with Crippen LogP contribution in [0.5, 0.6) is 11.5 Å². The van der Waals surface area contributed by atoms with Crippen LogP contribution in [-0.2, 0) is 14.9 Å². The molecule has 0 aliphatic heterocycles. The Bertz CT molecular complexity index is 1050. The summed E-state index contributed by atoms with van der Waals surface area (Å²) < 4.78 is 36.5. The molecule has 9 nitrogen and oxygen atoms in total. The number of hydrogen-bond acceptors (Lipinski definition) is 8. The number of nitrogens with one attached hydrogen (secondary N) is 1. The number of hydrogen-bond donors (Lipinski definition) is 3. The van der Waals surface area contributed by atoms with E-state index in [2.05, 4.69) is 5.32 Å². The molecule has 0 spiro atoms. The van der Waals surface area contributed by atoms with Crippen LogP contribution in [0, 0.1) is 6.92 Å². The standard InChI is InChI=1S/C22H27NO5.CH4O3S/c1-14-6-8-16(9-7-14)21(26)28-19-11-10-17(12-20(19)27-15(2)24)18(25)13-23-22(3,4)5;1-5(2,3)4/h6-12,18,23,25H,13H2,1-5H3;1H3,(H,2,3,4). The van der Waals surface area contributed by atoms with E-state index in [-0.39, 0.29) is 17.0 Å². The summed E-state index contributed by atoms with van der Waals surface area (Å²) in [5, 5.41) is 13.6. The van der Waals surface area contributed by atoms with E-state index in [4.69, 9.17) is 14.0 Å². The summed E-state index contributed by atoms with van der Waals surface area (Å²) in [6.07, 6.45) is -0.0946. The van der Waals surface area contributed by atoms with Gasteiger partial charge in [-0.1, -0.05) is 23.8 Å². The number of esters is 2. The molecule has 0 aliphatic carbocycles. The topological polar surface area (TPSA) is 139 Å². The SMILES string of the molecule is CC(=O)Oc1cc(C(O)CNC(C)(C)C)ccc1OC(=O)c1ccc(C)cc1.CS(=O)(=O)O. The van der Waals surface area contributed by atoms with Gasteiger partial charge in [0.05, 0.1) is 17.9 Å². The normalized spacial score (nSPS) is 12.2. The van der Waals surface area contributed by atoms with Crippen molar-refractivity contribution >= 4 is 22.1 Å². The molecule has 0 amide bonds. The van der Waals surface area contributed by atoms with Gasteiger partial charge in [-0.2, -0.15) is 8.42 Å². The molecule has 0 aliphatic rings. The van der Waals surface area contributed by atoms with E-state index >= 15 is 0 Å². The maximum Gasteiger partial charge on any atom is 0.343 e. The van der Waals surface area contributed by atoms with Crippen LogP contribution in [0.3, 0.4) is 0 Å². The van der Waals surface area contributed by atoms with E-state index in [1.807, 2.05) is 39.8 Å². The summed E-state index contributed by atoms with van der Waals surface area (Å²) in [7, 11) is -3.67. The predicted octanol–water partition coefficient (Wildman–Crippen LogP) is 3.07. The molecule has 1 atom stereocenters. The Hall–Kier alpha value is -2.79. The number of carbonyl (C=O) groups excluding carboxylic acids is 2. The lowest BCUT2D eigenvalue weighted by Crippen LogP contribution is -2.38. The third kappa shape index (κ3) is 12.1. The van der Waals surface area contributed by atoms with E-state index in [1.165, 1.54) is 19.1 Å². The highest BCUT2D eigenvalue weighted by molar-refractivity contribution is 7.85. The molecule has 0 aromatic heterocycles. The highest BCUT2D eigenvalue weighted by atomic mass is 32.2. The monoisotopic (exact) mass is 481 g/mol. The van der Waals surface area contributed by atoms with Crippen molar-refractivity contribution in [1.29, 1.82) is 0 Å². The third-order valence-electron chi connectivity index (χ3n) is 3.92. The number of rotatable bonds is 6. The molecule has 0 bridgehead atoms. The fourth-order valence-corrected chi connectivity index (χ4v) is 2.42. The Morgan fingerprint density at radius 2 is 1.58 bits per heavy atom. The van der Waals surface area contributed by atoms with Gasteiger partial charge in [-0.05, 0) is 57.5 Å². The molecule has 10 heteroatoms. The van der Waals surface area contributed by atoms with Crippen LogP contribution in [0.25, 0.3) is 0 Å². The third-order valence-corrected chi connectivity index (χ3v) is 3.92. The minimum Gasteiger partial charge on any atom is -0.423 e. The van der Waals surface area contributed by atoms with E-state index in [0.29, 0.717) is 23.9 Å². The van der Waals surface area contributed by atoms with Crippen molar-refractivity contribution in [3.8, 4) is 11.5 Å². The Morgan fingerprint density at radius 1 is 1.03 bits per heavy atom. The number of carbonyl (C=O) groups is 2. The van der Waals surface area contributed by atoms with Crippen molar-refractivity contribution in [2.24, 2.45) is 0 Å². The second kappa shape index (κ2) is 11.9. The number of β-amino-alcohol motifs (C(OH)–C–C–N with tert-alkyl or cyclic N) is 1. The zero-order valence-electron chi connectivity index (χ0n) is 19.6. The Labute approximate surface area is 194 Å². The summed E-state index contributed by atoms with van der Waals surface area (Å²) in [5.41, 5.74) is 1.81. The van der Waals surface area contributed by atoms with Crippen LogP contribution < -0.4 is 14.8 Å². The van der Waals surface area contributed by atoms with Crippen LogP contribution >= 0.6 is 0 Å². The van der Waals surface area contributed by atoms with Crippen LogP contribution in [0.4, 0.5) is 0 Å². The minimum atomic E-state index is -3.67. The molecular formula is C23H31NO8S. The molecule has 3 N–H and O–H groups in total. The van der Waals surface area contributed by atoms with Crippen molar-refractivity contribution < 1.29 is 37.1 Å². The predicted molar refractivity (Wildman–Crippen MR) is 124 cm³/mol. The number of benzene rings is 2. The second-order valence-corrected chi connectivity index (χ2v) is 9.90. The zero-order valence-corrected chi connectivity index (χ0v) is 20.4. The summed E-state index contributed by atoms with van der Waals surface area (Å²) in [5.74, 6) is -0.913. The van der Waals surface area contributed by atoms with E-state index < -0.39 is 28.2 Å². The molecule has 2 rings (SSSR count). The lowest BCUT2D eigenvalue weighted by Gasteiger charge is -2.23. The fraction of sp³-hybridized carbons (Fsp3) is 0.391. The van der Waals surface area contributed by atoms with Crippen LogP contribution in [0.2, 0.25) is 0 Å². The molecule has 0 saturated carbocycles. The van der Waals surface area contributed by atoms with Gasteiger partial charge in [0.2, 0.25) is 0 Å². The Balaban J connectivity index is 0.000000981. The molecule has 1 unspecified atom stereocenters. The van der Waals surface area contributed by atoms with Gasteiger partial charge in [-0.25, -0.2) is 4.79 Å². The van der Waals surface area contributed by atoms with E-state index in [1.54, 1.807) is 18.2 Å². The minimum absolute atomic E-state index is 0.0836. The lowest BCUT2D eigenvalue weighted by molar-refractivity contribution is -0.132. The smallest absolute Gasteiger partial charge is 0.343 e. The van der Waals surface area contributed by atoms with Crippen LogP contribution in [-0.4, -0.2) is 48.4 Å². The molecule has 2 aromatic rings. The number of aliphatic hydroxyl groups is 1. The largest absolute Gasteiger partial charge is 0.423 e. The average molecular weight is 482 g/mol. The first-order valence-electron chi connectivity index (χ1n) is 10.0. The van der Waals surface area contributed by atoms with E-state index in [0.717, 1.165) is 5.56 Å². The number of aliphatic hydroxyl groups excluding tert-OH is 1. The molecule has 182 valence electrons. The Kier molecular flexibility index (Phi) is 10.2. The first-order valence-corrected chi connectivity index (χ1v) is 11.9. The summed E-state index contributed by atoms with van der Waals surface area (Å²) in [4.78, 5) is 23.8. The van der Waals surface area contributed by atoms with Gasteiger partial charge in [0, 0.05) is 19.0 Å². The van der Waals surface area contributed by atoms with Gasteiger partial charge in [-0.15, -0.1) is 0 Å².